The van der Waals surface area contributed by atoms with E-state index in [-0.39, 0.29) is 18.5 Å². The molecule has 3 rings (SSSR count). The molecule has 0 saturated carbocycles. The molecule has 0 bridgehead atoms. The monoisotopic (exact) mass is 436 g/mol. The van der Waals surface area contributed by atoms with Crippen LogP contribution in [0.4, 0.5) is 5.69 Å². The largest absolute Gasteiger partial charge is 0.346 e. The van der Waals surface area contributed by atoms with Crippen LogP contribution in [0.15, 0.2) is 72.8 Å². The van der Waals surface area contributed by atoms with Crippen LogP contribution in [0, 0.1) is 13.8 Å². The number of amides is 1. The van der Waals surface area contributed by atoms with Gasteiger partial charge in [-0.3, -0.25) is 9.10 Å². The number of hydrogen-bond acceptors (Lipinski definition) is 3. The Labute approximate surface area is 184 Å². The highest BCUT2D eigenvalue weighted by Gasteiger charge is 2.19. The minimum absolute atomic E-state index is 0.140. The van der Waals surface area contributed by atoms with E-state index in [2.05, 4.69) is 11.4 Å². The van der Waals surface area contributed by atoms with Gasteiger partial charge in [0.25, 0.3) is 5.91 Å². The fourth-order valence-electron chi connectivity index (χ4n) is 3.60. The zero-order valence-corrected chi connectivity index (χ0v) is 19.1. The summed E-state index contributed by atoms with van der Waals surface area (Å²) in [6.45, 7) is 6.26. The molecule has 5 nitrogen and oxygen atoms in total. The molecule has 0 aliphatic carbocycles. The second-order valence-corrected chi connectivity index (χ2v) is 9.76. The number of sulfonamides is 1. The van der Waals surface area contributed by atoms with Crippen LogP contribution in [-0.2, 0) is 16.6 Å². The first-order valence-corrected chi connectivity index (χ1v) is 12.0. The predicted molar refractivity (Wildman–Crippen MR) is 126 cm³/mol. The van der Waals surface area contributed by atoms with Crippen LogP contribution < -0.4 is 9.62 Å². The number of benzene rings is 3. The molecule has 0 aliphatic heterocycles. The van der Waals surface area contributed by atoms with Crippen molar-refractivity contribution < 1.29 is 13.2 Å². The Morgan fingerprint density at radius 2 is 1.61 bits per heavy atom. The number of carbonyl (C=O) groups is 1. The molecule has 1 atom stereocenters. The van der Waals surface area contributed by atoms with Gasteiger partial charge in [0.05, 0.1) is 24.5 Å². The van der Waals surface area contributed by atoms with Gasteiger partial charge >= 0.3 is 0 Å². The van der Waals surface area contributed by atoms with Crippen LogP contribution in [0.1, 0.15) is 45.6 Å². The lowest BCUT2D eigenvalue weighted by atomic mass is 10.00. The van der Waals surface area contributed by atoms with Gasteiger partial charge in [-0.15, -0.1) is 0 Å². The lowest BCUT2D eigenvalue weighted by molar-refractivity contribution is 0.0940. The molecule has 0 heterocycles. The van der Waals surface area contributed by atoms with Crippen LogP contribution >= 0.6 is 0 Å². The normalized spacial score (nSPS) is 12.3. The summed E-state index contributed by atoms with van der Waals surface area (Å²) in [5, 5.41) is 3.02. The number of hydrogen-bond donors (Lipinski definition) is 1. The van der Waals surface area contributed by atoms with E-state index in [1.165, 1.54) is 16.1 Å². The van der Waals surface area contributed by atoms with Crippen molar-refractivity contribution in [3.8, 4) is 0 Å². The molecule has 3 aromatic rings. The molecule has 0 saturated heterocycles. The van der Waals surface area contributed by atoms with Gasteiger partial charge in [0.2, 0.25) is 10.0 Å². The van der Waals surface area contributed by atoms with Gasteiger partial charge in [0.1, 0.15) is 0 Å². The summed E-state index contributed by atoms with van der Waals surface area (Å²) < 4.78 is 26.1. The zero-order chi connectivity index (χ0) is 22.6. The molecule has 6 heteroatoms. The first-order valence-electron chi connectivity index (χ1n) is 10.1. The van der Waals surface area contributed by atoms with E-state index in [9.17, 15) is 13.2 Å². The van der Waals surface area contributed by atoms with Crippen LogP contribution in [0.5, 0.6) is 0 Å². The highest BCUT2D eigenvalue weighted by Crippen LogP contribution is 2.23. The van der Waals surface area contributed by atoms with E-state index >= 15 is 0 Å². The number of anilines is 1. The van der Waals surface area contributed by atoms with Gasteiger partial charge in [-0.25, -0.2) is 8.42 Å². The molecular weight excluding hydrogens is 408 g/mol. The number of nitrogens with one attached hydrogen (secondary N) is 1. The topological polar surface area (TPSA) is 66.5 Å². The first kappa shape index (κ1) is 22.6. The Morgan fingerprint density at radius 3 is 2.19 bits per heavy atom. The fraction of sp³-hybridized carbons (Fsp3) is 0.240. The second kappa shape index (κ2) is 9.35. The Kier molecular flexibility index (Phi) is 6.81. The molecule has 31 heavy (non-hydrogen) atoms. The first-order chi connectivity index (χ1) is 14.6. The Hall–Kier alpha value is -3.12. The number of rotatable bonds is 7. The van der Waals surface area contributed by atoms with E-state index in [1.807, 2.05) is 63.2 Å². The third-order valence-corrected chi connectivity index (χ3v) is 6.37. The molecule has 0 aliphatic rings. The van der Waals surface area contributed by atoms with Crippen LogP contribution in [0.2, 0.25) is 0 Å². The maximum Gasteiger partial charge on any atom is 0.251 e. The molecule has 0 radical (unpaired) electrons. The standard InChI is InChI=1S/C25H28N2O3S/c1-18-10-15-24(19(2)16-18)20(3)26-25(28)22-11-13-23(14-12-22)27(31(4,29)30)17-21-8-6-5-7-9-21/h5-16,20H,17H2,1-4H3,(H,26,28). The molecular formula is C25H28N2O3S. The fourth-order valence-corrected chi connectivity index (χ4v) is 4.49. The highest BCUT2D eigenvalue weighted by atomic mass is 32.2. The van der Waals surface area contributed by atoms with Crippen molar-refractivity contribution in [3.63, 3.8) is 0 Å². The lowest BCUT2D eigenvalue weighted by Gasteiger charge is -2.23. The Morgan fingerprint density at radius 1 is 0.968 bits per heavy atom. The van der Waals surface area contributed by atoms with Gasteiger partial charge in [-0.05, 0) is 61.7 Å². The van der Waals surface area contributed by atoms with Crippen LogP contribution in [0.3, 0.4) is 0 Å². The summed E-state index contributed by atoms with van der Waals surface area (Å²) in [5.74, 6) is -0.201. The summed E-state index contributed by atoms with van der Waals surface area (Å²) in [7, 11) is -3.48. The quantitative estimate of drug-likeness (QED) is 0.581. The molecule has 3 aromatic carbocycles. The van der Waals surface area contributed by atoms with E-state index in [0.717, 1.165) is 16.7 Å². The van der Waals surface area contributed by atoms with Gasteiger partial charge in [-0.1, -0.05) is 54.1 Å². The van der Waals surface area contributed by atoms with E-state index in [1.54, 1.807) is 24.3 Å². The highest BCUT2D eigenvalue weighted by molar-refractivity contribution is 7.92. The molecule has 1 unspecified atom stereocenters. The minimum Gasteiger partial charge on any atom is -0.346 e. The molecule has 0 spiro atoms. The van der Waals surface area contributed by atoms with Crippen molar-refractivity contribution in [2.45, 2.75) is 33.4 Å². The Balaban J connectivity index is 1.76. The average molecular weight is 437 g/mol. The van der Waals surface area contributed by atoms with Crippen molar-refractivity contribution >= 4 is 21.6 Å². The predicted octanol–water partition coefficient (Wildman–Crippen LogP) is 4.76. The van der Waals surface area contributed by atoms with Gasteiger partial charge in [0.15, 0.2) is 0 Å². The average Bonchev–Trinajstić information content (AvgIpc) is 2.72. The summed E-state index contributed by atoms with van der Waals surface area (Å²) in [6, 6.07) is 22.1. The summed E-state index contributed by atoms with van der Waals surface area (Å²) in [5.41, 5.74) is 5.27. The number of carbonyl (C=O) groups excluding carboxylic acids is 1. The van der Waals surface area contributed by atoms with E-state index in [0.29, 0.717) is 11.3 Å². The maximum absolute atomic E-state index is 12.7. The van der Waals surface area contributed by atoms with Crippen molar-refractivity contribution in [1.82, 2.24) is 5.32 Å². The summed E-state index contributed by atoms with van der Waals surface area (Å²) in [4.78, 5) is 12.7. The van der Waals surface area contributed by atoms with Gasteiger partial charge in [0, 0.05) is 5.56 Å². The van der Waals surface area contributed by atoms with E-state index < -0.39 is 10.0 Å². The van der Waals surface area contributed by atoms with Crippen LogP contribution in [0.25, 0.3) is 0 Å². The third-order valence-electron chi connectivity index (χ3n) is 5.23. The molecule has 0 fully saturated rings. The van der Waals surface area contributed by atoms with Crippen molar-refractivity contribution in [1.29, 1.82) is 0 Å². The van der Waals surface area contributed by atoms with Crippen molar-refractivity contribution in [2.24, 2.45) is 0 Å². The van der Waals surface area contributed by atoms with Gasteiger partial charge in [-0.2, -0.15) is 0 Å². The van der Waals surface area contributed by atoms with E-state index in [4.69, 9.17) is 0 Å². The summed E-state index contributed by atoms with van der Waals surface area (Å²) >= 11 is 0. The molecule has 0 aromatic heterocycles. The Bertz CT molecular complexity index is 1160. The molecule has 162 valence electrons. The van der Waals surface area contributed by atoms with Crippen molar-refractivity contribution in [3.05, 3.63) is 101 Å². The molecule has 1 N–H and O–H groups in total. The maximum atomic E-state index is 12.7. The summed E-state index contributed by atoms with van der Waals surface area (Å²) in [6.07, 6.45) is 1.18. The minimum atomic E-state index is -3.48. The number of nitrogens with zero attached hydrogens (tertiary/aromatic N) is 1. The number of aryl methyl sites for hydroxylation is 2. The SMILES string of the molecule is Cc1ccc(C(C)NC(=O)c2ccc(N(Cc3ccccc3)S(C)(=O)=O)cc2)c(C)c1. The van der Waals surface area contributed by atoms with Crippen LogP contribution in [-0.4, -0.2) is 20.6 Å². The van der Waals surface area contributed by atoms with Crippen molar-refractivity contribution in [2.75, 3.05) is 10.6 Å². The second-order valence-electron chi connectivity index (χ2n) is 7.86. The lowest BCUT2D eigenvalue weighted by Crippen LogP contribution is -2.29. The zero-order valence-electron chi connectivity index (χ0n) is 18.3. The third kappa shape index (κ3) is 5.73. The molecule has 1 amide bonds. The van der Waals surface area contributed by atoms with Gasteiger partial charge < -0.3 is 5.32 Å². The smallest absolute Gasteiger partial charge is 0.251 e.